The quantitative estimate of drug-likeness (QED) is 0.668. The van der Waals surface area contributed by atoms with Gasteiger partial charge in [-0.05, 0) is 63.1 Å². The molecule has 3 rings (SSSR count). The van der Waals surface area contributed by atoms with Crippen molar-refractivity contribution in [3.8, 4) is 0 Å². The highest BCUT2D eigenvalue weighted by molar-refractivity contribution is 5.94. The molecule has 0 fully saturated rings. The maximum Gasteiger partial charge on any atom is 0.251 e. The van der Waals surface area contributed by atoms with Crippen LogP contribution in [0.5, 0.6) is 0 Å². The van der Waals surface area contributed by atoms with Gasteiger partial charge in [-0.15, -0.1) is 0 Å². The molecular formula is C22H27N3O. The number of aryl methyl sites for hydroxylation is 1. The number of hydrogen-bond donors (Lipinski definition) is 2. The molecule has 2 N–H and O–H groups in total. The van der Waals surface area contributed by atoms with Crippen molar-refractivity contribution in [2.45, 2.75) is 27.2 Å². The highest BCUT2D eigenvalue weighted by Gasteiger charge is 2.10. The number of nitrogens with zero attached hydrogens (tertiary/aromatic N) is 1. The van der Waals surface area contributed by atoms with Crippen molar-refractivity contribution in [3.63, 3.8) is 0 Å². The minimum absolute atomic E-state index is 0.0198. The fraction of sp³-hybridized carbons (Fsp3) is 0.318. The maximum absolute atomic E-state index is 12.4. The summed E-state index contributed by atoms with van der Waals surface area (Å²) in [6.07, 6.45) is 0.819. The predicted octanol–water partition coefficient (Wildman–Crippen LogP) is 4.30. The third kappa shape index (κ3) is 3.74. The van der Waals surface area contributed by atoms with Crippen LogP contribution in [0.1, 0.15) is 35.5 Å². The number of para-hydroxylation sites is 1. The molecule has 1 amide bonds. The molecule has 136 valence electrons. The Balaban J connectivity index is 1.61. The Morgan fingerprint density at radius 2 is 1.73 bits per heavy atom. The molecule has 0 saturated heterocycles. The number of benzene rings is 2. The van der Waals surface area contributed by atoms with Crippen molar-refractivity contribution in [2.75, 3.05) is 24.5 Å². The average molecular weight is 349 g/mol. The second-order valence-electron chi connectivity index (χ2n) is 6.50. The van der Waals surface area contributed by atoms with E-state index in [-0.39, 0.29) is 5.91 Å². The number of fused-ring (bicyclic) bond motifs is 1. The molecule has 0 unspecified atom stereocenters. The van der Waals surface area contributed by atoms with E-state index in [1.807, 2.05) is 30.3 Å². The normalized spacial score (nSPS) is 10.9. The Bertz CT molecular complexity index is 876. The van der Waals surface area contributed by atoms with Gasteiger partial charge in [0.05, 0.1) is 0 Å². The summed E-state index contributed by atoms with van der Waals surface area (Å²) in [6, 6.07) is 16.1. The molecule has 4 heteroatoms. The van der Waals surface area contributed by atoms with Crippen molar-refractivity contribution in [1.29, 1.82) is 0 Å². The van der Waals surface area contributed by atoms with Crippen LogP contribution < -0.4 is 10.2 Å². The Morgan fingerprint density at radius 1 is 1.04 bits per heavy atom. The van der Waals surface area contributed by atoms with Gasteiger partial charge in [0.15, 0.2) is 0 Å². The zero-order chi connectivity index (χ0) is 18.5. The van der Waals surface area contributed by atoms with E-state index in [0.29, 0.717) is 12.1 Å². The molecule has 0 aliphatic carbocycles. The van der Waals surface area contributed by atoms with Crippen LogP contribution in [0.3, 0.4) is 0 Å². The molecule has 1 aromatic heterocycles. The summed E-state index contributed by atoms with van der Waals surface area (Å²) in [6.45, 7) is 8.91. The van der Waals surface area contributed by atoms with Crippen LogP contribution in [0.4, 0.5) is 5.69 Å². The third-order valence-electron chi connectivity index (χ3n) is 4.95. The Morgan fingerprint density at radius 3 is 2.42 bits per heavy atom. The monoisotopic (exact) mass is 349 g/mol. The number of aromatic amines is 1. The fourth-order valence-corrected chi connectivity index (χ4v) is 3.47. The molecule has 1 heterocycles. The van der Waals surface area contributed by atoms with E-state index in [0.717, 1.165) is 30.7 Å². The maximum atomic E-state index is 12.4. The third-order valence-corrected chi connectivity index (χ3v) is 4.95. The first-order chi connectivity index (χ1) is 12.6. The van der Waals surface area contributed by atoms with Gasteiger partial charge in [-0.3, -0.25) is 4.79 Å². The summed E-state index contributed by atoms with van der Waals surface area (Å²) in [5.74, 6) is -0.0198. The summed E-state index contributed by atoms with van der Waals surface area (Å²) in [4.78, 5) is 18.1. The zero-order valence-corrected chi connectivity index (χ0v) is 15.8. The van der Waals surface area contributed by atoms with Gasteiger partial charge >= 0.3 is 0 Å². The van der Waals surface area contributed by atoms with Crippen molar-refractivity contribution < 1.29 is 4.79 Å². The second kappa shape index (κ2) is 8.09. The highest BCUT2D eigenvalue weighted by atomic mass is 16.1. The second-order valence-corrected chi connectivity index (χ2v) is 6.50. The van der Waals surface area contributed by atoms with Crippen molar-refractivity contribution in [3.05, 3.63) is 65.4 Å². The summed E-state index contributed by atoms with van der Waals surface area (Å²) in [5.41, 5.74) is 5.46. The van der Waals surface area contributed by atoms with Gasteiger partial charge in [0, 0.05) is 47.5 Å². The topological polar surface area (TPSA) is 48.1 Å². The number of rotatable bonds is 7. The van der Waals surface area contributed by atoms with Crippen molar-refractivity contribution in [2.24, 2.45) is 0 Å². The number of anilines is 1. The molecule has 0 bridgehead atoms. The number of aromatic nitrogens is 1. The summed E-state index contributed by atoms with van der Waals surface area (Å²) >= 11 is 0. The Hall–Kier alpha value is -2.75. The molecule has 0 aliphatic heterocycles. The molecule has 0 saturated carbocycles. The van der Waals surface area contributed by atoms with Crippen LogP contribution in [0.15, 0.2) is 48.5 Å². The molecule has 0 atom stereocenters. The smallest absolute Gasteiger partial charge is 0.251 e. The van der Waals surface area contributed by atoms with E-state index in [2.05, 4.69) is 54.2 Å². The van der Waals surface area contributed by atoms with E-state index in [9.17, 15) is 4.79 Å². The van der Waals surface area contributed by atoms with Crippen molar-refractivity contribution >= 4 is 22.5 Å². The predicted molar refractivity (Wildman–Crippen MR) is 109 cm³/mol. The first kappa shape index (κ1) is 18.1. The van der Waals surface area contributed by atoms with Gasteiger partial charge in [0.25, 0.3) is 5.91 Å². The lowest BCUT2D eigenvalue weighted by atomic mass is 10.1. The van der Waals surface area contributed by atoms with E-state index in [1.165, 1.54) is 16.6 Å². The summed E-state index contributed by atoms with van der Waals surface area (Å²) in [5, 5.41) is 4.28. The van der Waals surface area contributed by atoms with Crippen LogP contribution in [-0.4, -0.2) is 30.5 Å². The lowest BCUT2D eigenvalue weighted by Crippen LogP contribution is -2.26. The van der Waals surface area contributed by atoms with Crippen LogP contribution in [0.2, 0.25) is 0 Å². The molecule has 0 spiro atoms. The molecule has 2 aromatic carbocycles. The first-order valence-corrected chi connectivity index (χ1v) is 9.33. The number of H-pyrrole nitrogens is 1. The average Bonchev–Trinajstić information content (AvgIpc) is 2.99. The van der Waals surface area contributed by atoms with Crippen LogP contribution in [0.25, 0.3) is 10.9 Å². The largest absolute Gasteiger partial charge is 0.372 e. The number of carbonyl (C=O) groups excluding carboxylic acids is 1. The number of nitrogens with one attached hydrogen (secondary N) is 2. The Labute approximate surface area is 155 Å². The molecule has 0 aliphatic rings. The highest BCUT2D eigenvalue weighted by Crippen LogP contribution is 2.22. The van der Waals surface area contributed by atoms with Crippen LogP contribution in [-0.2, 0) is 6.42 Å². The standard InChI is InChI=1S/C22H27N3O/c1-4-25(5-2)18-12-10-17(11-13-18)22(26)23-15-14-19-16(3)24-21-9-7-6-8-20(19)21/h6-13,24H,4-5,14-15H2,1-3H3,(H,23,26). The van der Waals surface area contributed by atoms with E-state index >= 15 is 0 Å². The van der Waals surface area contributed by atoms with Gasteiger partial charge in [0.2, 0.25) is 0 Å². The molecule has 0 radical (unpaired) electrons. The first-order valence-electron chi connectivity index (χ1n) is 9.33. The number of carbonyl (C=O) groups is 1. The lowest BCUT2D eigenvalue weighted by molar-refractivity contribution is 0.0954. The number of hydrogen-bond acceptors (Lipinski definition) is 2. The summed E-state index contributed by atoms with van der Waals surface area (Å²) in [7, 11) is 0. The number of amides is 1. The molecule has 4 nitrogen and oxygen atoms in total. The van der Waals surface area contributed by atoms with Gasteiger partial charge < -0.3 is 15.2 Å². The molecule has 26 heavy (non-hydrogen) atoms. The Kier molecular flexibility index (Phi) is 5.61. The van der Waals surface area contributed by atoms with Gasteiger partial charge in [-0.1, -0.05) is 18.2 Å². The zero-order valence-electron chi connectivity index (χ0n) is 15.8. The van der Waals surface area contributed by atoms with Crippen molar-refractivity contribution in [1.82, 2.24) is 10.3 Å². The minimum atomic E-state index is -0.0198. The van der Waals surface area contributed by atoms with E-state index in [1.54, 1.807) is 0 Å². The SMILES string of the molecule is CCN(CC)c1ccc(C(=O)NCCc2c(C)[nH]c3ccccc23)cc1. The van der Waals surface area contributed by atoms with Crippen LogP contribution >= 0.6 is 0 Å². The van der Waals surface area contributed by atoms with Crippen LogP contribution in [0, 0.1) is 6.92 Å². The molecular weight excluding hydrogens is 322 g/mol. The fourth-order valence-electron chi connectivity index (χ4n) is 3.47. The minimum Gasteiger partial charge on any atom is -0.372 e. The van der Waals surface area contributed by atoms with Gasteiger partial charge in [0.1, 0.15) is 0 Å². The van der Waals surface area contributed by atoms with E-state index < -0.39 is 0 Å². The molecule has 3 aromatic rings. The van der Waals surface area contributed by atoms with Gasteiger partial charge in [-0.2, -0.15) is 0 Å². The lowest BCUT2D eigenvalue weighted by Gasteiger charge is -2.21. The van der Waals surface area contributed by atoms with Gasteiger partial charge in [-0.25, -0.2) is 0 Å². The summed E-state index contributed by atoms with van der Waals surface area (Å²) < 4.78 is 0. The van der Waals surface area contributed by atoms with E-state index in [4.69, 9.17) is 0 Å².